The number of aliphatic carboxylic acids is 1. The van der Waals surface area contributed by atoms with Gasteiger partial charge in [0.05, 0.1) is 5.69 Å². The zero-order valence-corrected chi connectivity index (χ0v) is 13.6. The zero-order chi connectivity index (χ0) is 14.8. The summed E-state index contributed by atoms with van der Waals surface area (Å²) in [7, 11) is 0. The fraction of sp³-hybridized carbons (Fsp3) is 0.385. The summed E-state index contributed by atoms with van der Waals surface area (Å²) in [6, 6.07) is 1.16. The lowest BCUT2D eigenvalue weighted by Gasteiger charge is -2.27. The van der Waals surface area contributed by atoms with E-state index in [1.54, 1.807) is 22.7 Å². The minimum Gasteiger partial charge on any atom is -0.480 e. The van der Waals surface area contributed by atoms with Gasteiger partial charge in [-0.3, -0.25) is 4.79 Å². The first kappa shape index (κ1) is 15.5. The Bertz CT molecular complexity index is 578. The quantitative estimate of drug-likeness (QED) is 0.851. The average molecular weight is 328 g/mol. The van der Waals surface area contributed by atoms with Gasteiger partial charge in [-0.05, 0) is 25.3 Å². The third-order valence-electron chi connectivity index (χ3n) is 2.93. The number of rotatable bonds is 6. The van der Waals surface area contributed by atoms with E-state index in [-0.39, 0.29) is 0 Å². The van der Waals surface area contributed by atoms with Gasteiger partial charge in [-0.25, -0.2) is 4.98 Å². The second kappa shape index (κ2) is 6.26. The number of hydrogen-bond donors (Lipinski definition) is 2. The lowest BCUT2D eigenvalue weighted by atomic mass is 10.1. The van der Waals surface area contributed by atoms with Crippen molar-refractivity contribution >= 4 is 40.4 Å². The Morgan fingerprint density at radius 1 is 1.55 bits per heavy atom. The Labute approximate surface area is 130 Å². The molecule has 0 bridgehead atoms. The van der Waals surface area contributed by atoms with E-state index in [2.05, 4.69) is 10.4 Å². The zero-order valence-electron chi connectivity index (χ0n) is 11.2. The number of thiophene rings is 1. The summed E-state index contributed by atoms with van der Waals surface area (Å²) in [6.07, 6.45) is 0. The highest BCUT2D eigenvalue weighted by Gasteiger charge is 2.32. The van der Waals surface area contributed by atoms with E-state index in [1.807, 2.05) is 30.7 Å². The molecule has 4 nitrogen and oxygen atoms in total. The minimum atomic E-state index is -0.972. The van der Waals surface area contributed by atoms with Crippen molar-refractivity contribution in [2.24, 2.45) is 5.73 Å². The molecule has 2 heterocycles. The Morgan fingerprint density at radius 2 is 2.30 bits per heavy atom. The van der Waals surface area contributed by atoms with Crippen LogP contribution in [0.4, 0.5) is 0 Å². The predicted molar refractivity (Wildman–Crippen MR) is 86.4 cm³/mol. The molecule has 0 saturated heterocycles. The largest absolute Gasteiger partial charge is 0.480 e. The summed E-state index contributed by atoms with van der Waals surface area (Å²) in [5, 5.41) is 16.1. The van der Waals surface area contributed by atoms with Crippen molar-refractivity contribution < 1.29 is 9.90 Å². The molecule has 2 rings (SSSR count). The smallest absolute Gasteiger partial charge is 0.321 e. The maximum absolute atomic E-state index is 11.0. The first-order chi connectivity index (χ1) is 9.40. The van der Waals surface area contributed by atoms with E-state index in [4.69, 9.17) is 10.8 Å². The monoisotopic (exact) mass is 328 g/mol. The van der Waals surface area contributed by atoms with Gasteiger partial charge in [0.1, 0.15) is 11.0 Å². The SMILES string of the molecule is CC(C)(SCc1csc(-c2ccsc2)n1)[C@@H](N)C(=O)O. The fourth-order valence-electron chi connectivity index (χ4n) is 1.54. The van der Waals surface area contributed by atoms with Gasteiger partial charge in [-0.1, -0.05) is 0 Å². The number of thioether (sulfide) groups is 1. The average Bonchev–Trinajstić information content (AvgIpc) is 3.05. The van der Waals surface area contributed by atoms with Crippen LogP contribution >= 0.6 is 34.4 Å². The highest BCUT2D eigenvalue weighted by atomic mass is 32.2. The number of hydrogen-bond acceptors (Lipinski definition) is 6. The maximum Gasteiger partial charge on any atom is 0.321 e. The standard InChI is InChI=1S/C13H16N2O2S3/c1-13(2,10(14)12(16)17)20-7-9-6-19-11(15-9)8-3-4-18-5-8/h3-6,10H,7,14H2,1-2H3,(H,16,17)/t10-/m0/s1. The lowest BCUT2D eigenvalue weighted by Crippen LogP contribution is -2.46. The molecule has 0 saturated carbocycles. The van der Waals surface area contributed by atoms with Gasteiger partial charge in [0.15, 0.2) is 0 Å². The van der Waals surface area contributed by atoms with Gasteiger partial charge in [-0.15, -0.1) is 23.1 Å². The topological polar surface area (TPSA) is 76.2 Å². The molecule has 0 aliphatic rings. The number of nitrogens with two attached hydrogens (primary N) is 1. The summed E-state index contributed by atoms with van der Waals surface area (Å²) >= 11 is 4.78. The van der Waals surface area contributed by atoms with Gasteiger partial charge in [0.25, 0.3) is 0 Å². The van der Waals surface area contributed by atoms with Crippen molar-refractivity contribution in [3.8, 4) is 10.6 Å². The van der Waals surface area contributed by atoms with Crippen LogP contribution in [0.5, 0.6) is 0 Å². The van der Waals surface area contributed by atoms with Gasteiger partial charge in [-0.2, -0.15) is 11.3 Å². The molecule has 0 fully saturated rings. The minimum absolute atomic E-state index is 0.530. The highest BCUT2D eigenvalue weighted by molar-refractivity contribution is 7.99. The molecule has 2 aromatic heterocycles. The number of thiazole rings is 1. The van der Waals surface area contributed by atoms with Crippen molar-refractivity contribution in [3.05, 3.63) is 27.9 Å². The molecule has 0 unspecified atom stereocenters. The molecular weight excluding hydrogens is 312 g/mol. The van der Waals surface area contributed by atoms with E-state index in [0.717, 1.165) is 16.3 Å². The van der Waals surface area contributed by atoms with Crippen LogP contribution in [-0.4, -0.2) is 26.8 Å². The van der Waals surface area contributed by atoms with E-state index >= 15 is 0 Å². The predicted octanol–water partition coefficient (Wildman–Crippen LogP) is 3.30. The molecule has 7 heteroatoms. The molecule has 0 aromatic carbocycles. The highest BCUT2D eigenvalue weighted by Crippen LogP contribution is 2.32. The molecule has 0 aliphatic heterocycles. The number of aromatic nitrogens is 1. The molecule has 2 aromatic rings. The Kier molecular flexibility index (Phi) is 4.85. The van der Waals surface area contributed by atoms with Crippen molar-refractivity contribution in [2.45, 2.75) is 30.4 Å². The van der Waals surface area contributed by atoms with Crippen molar-refractivity contribution in [1.29, 1.82) is 0 Å². The third kappa shape index (κ3) is 3.60. The summed E-state index contributed by atoms with van der Waals surface area (Å²) in [4.78, 5) is 15.5. The molecule has 0 aliphatic carbocycles. The van der Waals surface area contributed by atoms with Gasteiger partial charge < -0.3 is 10.8 Å². The second-order valence-corrected chi connectivity index (χ2v) is 8.13. The van der Waals surface area contributed by atoms with Crippen LogP contribution in [0.15, 0.2) is 22.2 Å². The maximum atomic E-state index is 11.0. The van der Waals surface area contributed by atoms with Gasteiger partial charge in [0, 0.05) is 26.8 Å². The van der Waals surface area contributed by atoms with Crippen molar-refractivity contribution in [3.63, 3.8) is 0 Å². The van der Waals surface area contributed by atoms with E-state index in [9.17, 15) is 4.79 Å². The summed E-state index contributed by atoms with van der Waals surface area (Å²) in [6.45, 7) is 3.70. The lowest BCUT2D eigenvalue weighted by molar-refractivity contribution is -0.139. The molecule has 3 N–H and O–H groups in total. The number of carbonyl (C=O) groups is 1. The fourth-order valence-corrected chi connectivity index (χ4v) is 4.12. The number of carboxylic acid groups (broad SMARTS) is 1. The molecule has 20 heavy (non-hydrogen) atoms. The van der Waals surface area contributed by atoms with Gasteiger partial charge >= 0.3 is 5.97 Å². The van der Waals surface area contributed by atoms with Crippen LogP contribution < -0.4 is 5.73 Å². The van der Waals surface area contributed by atoms with Crippen LogP contribution in [0.2, 0.25) is 0 Å². The third-order valence-corrected chi connectivity index (χ3v) is 5.99. The van der Waals surface area contributed by atoms with Crippen LogP contribution in [0.3, 0.4) is 0 Å². The van der Waals surface area contributed by atoms with Crippen molar-refractivity contribution in [2.75, 3.05) is 0 Å². The molecule has 0 radical (unpaired) electrons. The summed E-state index contributed by atoms with van der Waals surface area (Å²) in [5.74, 6) is -0.311. The van der Waals surface area contributed by atoms with Crippen LogP contribution in [0.1, 0.15) is 19.5 Å². The number of carboxylic acids is 1. The van der Waals surface area contributed by atoms with Crippen molar-refractivity contribution in [1.82, 2.24) is 4.98 Å². The Balaban J connectivity index is 2.00. The van der Waals surface area contributed by atoms with E-state index in [0.29, 0.717) is 5.75 Å². The van der Waals surface area contributed by atoms with Gasteiger partial charge in [0.2, 0.25) is 0 Å². The van der Waals surface area contributed by atoms with E-state index in [1.165, 1.54) is 11.8 Å². The van der Waals surface area contributed by atoms with E-state index < -0.39 is 16.8 Å². The molecule has 0 amide bonds. The molecular formula is C13H16N2O2S3. The first-order valence-corrected chi connectivity index (χ1v) is 8.80. The Hall–Kier alpha value is -0.890. The van der Waals surface area contributed by atoms with Crippen LogP contribution in [-0.2, 0) is 10.5 Å². The normalized spacial score (nSPS) is 13.3. The summed E-state index contributed by atoms with van der Waals surface area (Å²) in [5.41, 5.74) is 7.81. The first-order valence-electron chi connectivity index (χ1n) is 5.99. The summed E-state index contributed by atoms with van der Waals surface area (Å²) < 4.78 is -0.530. The molecule has 1 atom stereocenters. The van der Waals surface area contributed by atoms with Crippen LogP contribution in [0, 0.1) is 0 Å². The van der Waals surface area contributed by atoms with Crippen LogP contribution in [0.25, 0.3) is 10.6 Å². The second-order valence-electron chi connectivity index (χ2n) is 4.86. The molecule has 108 valence electrons. The Morgan fingerprint density at radius 3 is 2.90 bits per heavy atom. The molecule has 0 spiro atoms. The number of nitrogens with zero attached hydrogens (tertiary/aromatic N) is 1.